The summed E-state index contributed by atoms with van der Waals surface area (Å²) in [5, 5.41) is 9.49. The lowest BCUT2D eigenvalue weighted by molar-refractivity contribution is 0.0874. The van der Waals surface area contributed by atoms with E-state index >= 15 is 0 Å². The van der Waals surface area contributed by atoms with Gasteiger partial charge in [0.25, 0.3) is 0 Å². The third kappa shape index (κ3) is 2.23. The molecule has 0 bridgehead atoms. The predicted octanol–water partition coefficient (Wildman–Crippen LogP) is 1.98. The quantitative estimate of drug-likeness (QED) is 0.797. The van der Waals surface area contributed by atoms with Crippen LogP contribution < -0.4 is 4.74 Å². The molecule has 1 unspecified atom stereocenters. The standard InChI is InChI=1S/C11H13FO2/c12-9-3-1-2-4-11(9)14-7-10(13)8-5-6-8/h1-4,8,10,13H,5-7H2. The van der Waals surface area contributed by atoms with Crippen LogP contribution in [0.3, 0.4) is 0 Å². The van der Waals surface area contributed by atoms with Crippen LogP contribution in [0.4, 0.5) is 4.39 Å². The van der Waals surface area contributed by atoms with Gasteiger partial charge in [-0.25, -0.2) is 4.39 Å². The smallest absolute Gasteiger partial charge is 0.165 e. The maximum atomic E-state index is 13.1. The van der Waals surface area contributed by atoms with Crippen LogP contribution in [0.1, 0.15) is 12.8 Å². The molecule has 0 radical (unpaired) electrons. The summed E-state index contributed by atoms with van der Waals surface area (Å²) in [6.07, 6.45) is 1.67. The normalized spacial score (nSPS) is 17.9. The number of para-hydroxylation sites is 1. The number of rotatable bonds is 4. The van der Waals surface area contributed by atoms with Gasteiger partial charge in [-0.05, 0) is 30.9 Å². The highest BCUT2D eigenvalue weighted by Gasteiger charge is 2.30. The molecule has 0 aromatic heterocycles. The monoisotopic (exact) mass is 196 g/mol. The van der Waals surface area contributed by atoms with E-state index in [-0.39, 0.29) is 18.2 Å². The summed E-state index contributed by atoms with van der Waals surface area (Å²) in [6.45, 7) is 0.186. The molecule has 1 fully saturated rings. The van der Waals surface area contributed by atoms with Crippen molar-refractivity contribution in [2.24, 2.45) is 5.92 Å². The highest BCUT2D eigenvalue weighted by molar-refractivity contribution is 5.23. The molecule has 0 heterocycles. The number of halogens is 1. The lowest BCUT2D eigenvalue weighted by Gasteiger charge is -2.11. The molecule has 14 heavy (non-hydrogen) atoms. The first-order valence-corrected chi connectivity index (χ1v) is 4.83. The first-order valence-electron chi connectivity index (χ1n) is 4.83. The molecule has 2 nitrogen and oxygen atoms in total. The number of hydrogen-bond acceptors (Lipinski definition) is 2. The van der Waals surface area contributed by atoms with Gasteiger partial charge >= 0.3 is 0 Å². The van der Waals surface area contributed by atoms with Crippen molar-refractivity contribution in [3.8, 4) is 5.75 Å². The Hall–Kier alpha value is -1.09. The van der Waals surface area contributed by atoms with Gasteiger partial charge < -0.3 is 9.84 Å². The van der Waals surface area contributed by atoms with Gasteiger partial charge in [0.05, 0.1) is 6.10 Å². The van der Waals surface area contributed by atoms with Gasteiger partial charge in [-0.1, -0.05) is 12.1 Å². The average molecular weight is 196 g/mol. The summed E-state index contributed by atoms with van der Waals surface area (Å²) >= 11 is 0. The Balaban J connectivity index is 1.87. The van der Waals surface area contributed by atoms with Crippen molar-refractivity contribution in [2.45, 2.75) is 18.9 Å². The van der Waals surface area contributed by atoms with E-state index in [1.165, 1.54) is 6.07 Å². The van der Waals surface area contributed by atoms with Crippen molar-refractivity contribution in [1.29, 1.82) is 0 Å². The molecule has 1 aliphatic rings. The molecule has 1 aromatic rings. The lowest BCUT2D eigenvalue weighted by atomic mass is 10.2. The summed E-state index contributed by atoms with van der Waals surface area (Å²) in [5.41, 5.74) is 0. The third-order valence-corrected chi connectivity index (χ3v) is 2.41. The second kappa shape index (κ2) is 3.96. The van der Waals surface area contributed by atoms with Crippen LogP contribution in [0.25, 0.3) is 0 Å². The van der Waals surface area contributed by atoms with Crippen molar-refractivity contribution >= 4 is 0 Å². The number of aliphatic hydroxyl groups is 1. The van der Waals surface area contributed by atoms with Crippen molar-refractivity contribution in [1.82, 2.24) is 0 Å². The maximum Gasteiger partial charge on any atom is 0.165 e. The highest BCUT2D eigenvalue weighted by Crippen LogP contribution is 2.32. The molecule has 0 spiro atoms. The van der Waals surface area contributed by atoms with Gasteiger partial charge in [0.2, 0.25) is 0 Å². The topological polar surface area (TPSA) is 29.5 Å². The van der Waals surface area contributed by atoms with Gasteiger partial charge in [-0.2, -0.15) is 0 Å². The molecule has 1 aromatic carbocycles. The molecule has 0 amide bonds. The van der Waals surface area contributed by atoms with Crippen LogP contribution >= 0.6 is 0 Å². The van der Waals surface area contributed by atoms with E-state index in [0.29, 0.717) is 5.92 Å². The minimum absolute atomic E-state index is 0.186. The van der Waals surface area contributed by atoms with Crippen LogP contribution in [0.5, 0.6) is 5.75 Å². The number of hydrogen-bond donors (Lipinski definition) is 1. The van der Waals surface area contributed by atoms with Crippen LogP contribution in [0, 0.1) is 11.7 Å². The largest absolute Gasteiger partial charge is 0.488 e. The Morgan fingerprint density at radius 1 is 1.43 bits per heavy atom. The van der Waals surface area contributed by atoms with Crippen LogP contribution in [-0.4, -0.2) is 17.8 Å². The zero-order valence-electron chi connectivity index (χ0n) is 7.82. The first kappa shape index (κ1) is 9.46. The fourth-order valence-electron chi connectivity index (χ4n) is 1.35. The van der Waals surface area contributed by atoms with Gasteiger partial charge in [0.15, 0.2) is 11.6 Å². The van der Waals surface area contributed by atoms with Crippen LogP contribution in [-0.2, 0) is 0 Å². The van der Waals surface area contributed by atoms with E-state index in [4.69, 9.17) is 4.74 Å². The molecule has 1 atom stereocenters. The van der Waals surface area contributed by atoms with E-state index < -0.39 is 6.10 Å². The zero-order valence-corrected chi connectivity index (χ0v) is 7.82. The molecule has 76 valence electrons. The van der Waals surface area contributed by atoms with E-state index in [2.05, 4.69) is 0 Å². The van der Waals surface area contributed by atoms with Crippen molar-refractivity contribution < 1.29 is 14.2 Å². The van der Waals surface area contributed by atoms with Gasteiger partial charge in [0, 0.05) is 0 Å². The molecule has 2 rings (SSSR count). The van der Waals surface area contributed by atoms with Crippen LogP contribution in [0.2, 0.25) is 0 Å². The summed E-state index contributed by atoms with van der Waals surface area (Å²) < 4.78 is 18.2. The Labute approximate surface area is 82.3 Å². The van der Waals surface area contributed by atoms with Crippen molar-refractivity contribution in [3.05, 3.63) is 30.1 Å². The van der Waals surface area contributed by atoms with E-state index in [1.807, 2.05) is 0 Å². The van der Waals surface area contributed by atoms with Crippen LogP contribution in [0.15, 0.2) is 24.3 Å². The minimum atomic E-state index is -0.449. The van der Waals surface area contributed by atoms with Gasteiger partial charge in [-0.15, -0.1) is 0 Å². The van der Waals surface area contributed by atoms with Gasteiger partial charge in [-0.3, -0.25) is 0 Å². The average Bonchev–Trinajstić information content (AvgIpc) is 2.99. The number of aliphatic hydroxyl groups excluding tert-OH is 1. The molecule has 0 aliphatic heterocycles. The molecular weight excluding hydrogens is 183 g/mol. The predicted molar refractivity (Wildman–Crippen MR) is 50.6 cm³/mol. The van der Waals surface area contributed by atoms with E-state index in [9.17, 15) is 9.50 Å². The second-order valence-corrected chi connectivity index (χ2v) is 3.65. The minimum Gasteiger partial charge on any atom is -0.488 e. The Kier molecular flexibility index (Phi) is 2.68. The Bertz CT molecular complexity index is 310. The third-order valence-electron chi connectivity index (χ3n) is 2.41. The molecule has 1 saturated carbocycles. The highest BCUT2D eigenvalue weighted by atomic mass is 19.1. The zero-order chi connectivity index (χ0) is 9.97. The summed E-state index contributed by atoms with van der Waals surface area (Å²) in [5.74, 6) is 0.199. The molecule has 1 N–H and O–H groups in total. The fraction of sp³-hybridized carbons (Fsp3) is 0.455. The Morgan fingerprint density at radius 3 is 2.79 bits per heavy atom. The van der Waals surface area contributed by atoms with Crippen molar-refractivity contribution in [2.75, 3.05) is 6.61 Å². The molecule has 0 saturated heterocycles. The second-order valence-electron chi connectivity index (χ2n) is 3.65. The summed E-state index contributed by atoms with van der Waals surface area (Å²) in [7, 11) is 0. The molecular formula is C11H13FO2. The van der Waals surface area contributed by atoms with Gasteiger partial charge in [0.1, 0.15) is 6.61 Å². The first-order chi connectivity index (χ1) is 6.77. The van der Waals surface area contributed by atoms with E-state index in [0.717, 1.165) is 12.8 Å². The Morgan fingerprint density at radius 2 is 2.14 bits per heavy atom. The maximum absolute atomic E-state index is 13.1. The lowest BCUT2D eigenvalue weighted by Crippen LogP contribution is -2.19. The summed E-state index contributed by atoms with van der Waals surface area (Å²) in [6, 6.07) is 6.23. The van der Waals surface area contributed by atoms with Crippen molar-refractivity contribution in [3.63, 3.8) is 0 Å². The fourth-order valence-corrected chi connectivity index (χ4v) is 1.35. The number of benzene rings is 1. The summed E-state index contributed by atoms with van der Waals surface area (Å²) in [4.78, 5) is 0. The molecule has 3 heteroatoms. The number of ether oxygens (including phenoxy) is 1. The molecule has 1 aliphatic carbocycles. The SMILES string of the molecule is OC(COc1ccccc1F)C1CC1. The van der Waals surface area contributed by atoms with E-state index in [1.54, 1.807) is 18.2 Å².